The monoisotopic (exact) mass is 282 g/mol. The number of carboxylic acid groups (broad SMARTS) is 1. The van der Waals surface area contributed by atoms with E-state index in [2.05, 4.69) is 0 Å². The molecule has 0 aliphatic carbocycles. The number of methoxy groups -OCH3 is 3. The molecule has 0 heterocycles. The molecule has 0 radical (unpaired) electrons. The van der Waals surface area contributed by atoms with Crippen LogP contribution in [0.2, 0.25) is 0 Å². The van der Waals surface area contributed by atoms with Gasteiger partial charge in [0.25, 0.3) is 0 Å². The molecule has 0 aliphatic heterocycles. The Morgan fingerprint density at radius 2 is 1.75 bits per heavy atom. The Bertz CT molecular complexity index is 479. The molecule has 0 bridgehead atoms. The highest BCUT2D eigenvalue weighted by atomic mass is 16.5. The lowest BCUT2D eigenvalue weighted by Gasteiger charge is -2.26. The van der Waals surface area contributed by atoms with Crippen LogP contribution in [-0.4, -0.2) is 32.4 Å². The smallest absolute Gasteiger partial charge is 0.304 e. The summed E-state index contributed by atoms with van der Waals surface area (Å²) in [5, 5.41) is 9.05. The minimum Gasteiger partial charge on any atom is -0.496 e. The average molecular weight is 282 g/mol. The first-order valence-electron chi connectivity index (χ1n) is 6.31. The molecule has 0 atom stereocenters. The summed E-state index contributed by atoms with van der Waals surface area (Å²) in [6, 6.07) is 3.66. The zero-order valence-electron chi connectivity index (χ0n) is 12.6. The van der Waals surface area contributed by atoms with E-state index in [0.29, 0.717) is 18.1 Å². The zero-order chi connectivity index (χ0) is 15.3. The summed E-state index contributed by atoms with van der Waals surface area (Å²) in [4.78, 5) is 11.0. The fourth-order valence-corrected chi connectivity index (χ4v) is 2.23. The van der Waals surface area contributed by atoms with Gasteiger partial charge in [0.1, 0.15) is 11.5 Å². The van der Waals surface area contributed by atoms with Gasteiger partial charge in [-0.05, 0) is 12.1 Å². The molecule has 0 aliphatic rings. The van der Waals surface area contributed by atoms with Crippen molar-refractivity contribution < 1.29 is 24.1 Å². The van der Waals surface area contributed by atoms with E-state index in [1.165, 1.54) is 0 Å². The number of aliphatic carboxylic acids is 1. The maximum absolute atomic E-state index is 11.0. The third-order valence-electron chi connectivity index (χ3n) is 3.22. The summed E-state index contributed by atoms with van der Waals surface area (Å²) in [6.07, 6.45) is 0.0101. The zero-order valence-corrected chi connectivity index (χ0v) is 12.6. The Morgan fingerprint density at radius 1 is 1.15 bits per heavy atom. The number of rotatable bonds is 7. The van der Waals surface area contributed by atoms with E-state index in [9.17, 15) is 4.79 Å². The highest BCUT2D eigenvalue weighted by Gasteiger charge is 2.29. The van der Waals surface area contributed by atoms with Crippen LogP contribution in [0.15, 0.2) is 12.1 Å². The number of carbonyl (C=O) groups is 1. The van der Waals surface area contributed by atoms with Crippen LogP contribution < -0.4 is 9.47 Å². The van der Waals surface area contributed by atoms with Gasteiger partial charge < -0.3 is 19.3 Å². The van der Waals surface area contributed by atoms with Crippen molar-refractivity contribution in [3.05, 3.63) is 23.3 Å². The number of hydrogen-bond donors (Lipinski definition) is 1. The van der Waals surface area contributed by atoms with E-state index in [1.54, 1.807) is 21.3 Å². The van der Waals surface area contributed by atoms with Crippen molar-refractivity contribution >= 4 is 5.97 Å². The van der Waals surface area contributed by atoms with Gasteiger partial charge >= 0.3 is 5.97 Å². The molecule has 0 unspecified atom stereocenters. The highest BCUT2D eigenvalue weighted by Crippen LogP contribution is 2.38. The standard InChI is InChI=1S/C15H22O5/c1-15(2,8-14(16)17)11-7-12(19-4)10(9-18-3)6-13(11)20-5/h6-7H,8-9H2,1-5H3,(H,16,17). The SMILES string of the molecule is COCc1cc(OC)c(C(C)(C)CC(=O)O)cc1OC. The van der Waals surface area contributed by atoms with Crippen molar-refractivity contribution in [2.45, 2.75) is 32.3 Å². The van der Waals surface area contributed by atoms with Crippen molar-refractivity contribution in [2.24, 2.45) is 0 Å². The highest BCUT2D eigenvalue weighted by molar-refractivity contribution is 5.69. The van der Waals surface area contributed by atoms with E-state index in [1.807, 2.05) is 26.0 Å². The molecule has 1 rings (SSSR count). The molecule has 1 aromatic rings. The van der Waals surface area contributed by atoms with Gasteiger partial charge in [0.05, 0.1) is 27.2 Å². The Labute approximate surface area is 119 Å². The Kier molecular flexibility index (Phi) is 5.39. The molecule has 20 heavy (non-hydrogen) atoms. The molecule has 0 aromatic heterocycles. The second-order valence-electron chi connectivity index (χ2n) is 5.25. The van der Waals surface area contributed by atoms with Crippen LogP contribution in [-0.2, 0) is 21.6 Å². The van der Waals surface area contributed by atoms with Crippen LogP contribution in [0.25, 0.3) is 0 Å². The van der Waals surface area contributed by atoms with Crippen molar-refractivity contribution in [1.82, 2.24) is 0 Å². The van der Waals surface area contributed by atoms with Crippen LogP contribution >= 0.6 is 0 Å². The molecule has 0 fully saturated rings. The van der Waals surface area contributed by atoms with Crippen molar-refractivity contribution in [1.29, 1.82) is 0 Å². The van der Waals surface area contributed by atoms with Gasteiger partial charge in [0.15, 0.2) is 0 Å². The van der Waals surface area contributed by atoms with Crippen LogP contribution in [0.3, 0.4) is 0 Å². The van der Waals surface area contributed by atoms with Gasteiger partial charge in [-0.25, -0.2) is 0 Å². The average Bonchev–Trinajstić information content (AvgIpc) is 2.36. The number of ether oxygens (including phenoxy) is 3. The molecule has 0 saturated heterocycles. The van der Waals surface area contributed by atoms with Gasteiger partial charge in [-0.15, -0.1) is 0 Å². The van der Waals surface area contributed by atoms with Crippen molar-refractivity contribution in [3.63, 3.8) is 0 Å². The molecular formula is C15H22O5. The number of benzene rings is 1. The van der Waals surface area contributed by atoms with E-state index in [4.69, 9.17) is 19.3 Å². The second-order valence-corrected chi connectivity index (χ2v) is 5.25. The van der Waals surface area contributed by atoms with E-state index in [0.717, 1.165) is 11.1 Å². The minimum atomic E-state index is -0.850. The molecule has 112 valence electrons. The summed E-state index contributed by atoms with van der Waals surface area (Å²) in [5.74, 6) is 0.460. The largest absolute Gasteiger partial charge is 0.496 e. The summed E-state index contributed by atoms with van der Waals surface area (Å²) >= 11 is 0. The third-order valence-corrected chi connectivity index (χ3v) is 3.22. The topological polar surface area (TPSA) is 65.0 Å². The van der Waals surface area contributed by atoms with Gasteiger partial charge in [-0.1, -0.05) is 13.8 Å². The third kappa shape index (κ3) is 3.63. The normalized spacial score (nSPS) is 11.2. The summed E-state index contributed by atoms with van der Waals surface area (Å²) in [6.45, 7) is 4.14. The van der Waals surface area contributed by atoms with Gasteiger partial charge in [0, 0.05) is 23.7 Å². The molecule has 0 saturated carbocycles. The van der Waals surface area contributed by atoms with E-state index < -0.39 is 11.4 Å². The quantitative estimate of drug-likeness (QED) is 0.832. The van der Waals surface area contributed by atoms with Crippen molar-refractivity contribution in [2.75, 3.05) is 21.3 Å². The molecule has 1 aromatic carbocycles. The minimum absolute atomic E-state index is 0.0101. The maximum Gasteiger partial charge on any atom is 0.304 e. The van der Waals surface area contributed by atoms with Crippen molar-refractivity contribution in [3.8, 4) is 11.5 Å². The first kappa shape index (κ1) is 16.3. The van der Waals surface area contributed by atoms with Crippen LogP contribution in [0.5, 0.6) is 11.5 Å². The molecule has 5 nitrogen and oxygen atoms in total. The molecule has 1 N–H and O–H groups in total. The van der Waals surface area contributed by atoms with Crippen LogP contribution in [0.4, 0.5) is 0 Å². The Morgan fingerprint density at radius 3 is 2.20 bits per heavy atom. The lowest BCUT2D eigenvalue weighted by molar-refractivity contribution is -0.138. The maximum atomic E-state index is 11.0. The fourth-order valence-electron chi connectivity index (χ4n) is 2.23. The lowest BCUT2D eigenvalue weighted by Crippen LogP contribution is -2.22. The molecule has 0 spiro atoms. The predicted octanol–water partition coefficient (Wildman–Crippen LogP) is 2.60. The molecule has 5 heteroatoms. The summed E-state index contributed by atoms with van der Waals surface area (Å²) < 4.78 is 15.9. The predicted molar refractivity (Wildman–Crippen MR) is 75.5 cm³/mol. The Hall–Kier alpha value is -1.75. The summed E-state index contributed by atoms with van der Waals surface area (Å²) in [7, 11) is 4.75. The van der Waals surface area contributed by atoms with Crippen LogP contribution in [0, 0.1) is 0 Å². The van der Waals surface area contributed by atoms with Gasteiger partial charge in [-0.2, -0.15) is 0 Å². The number of hydrogen-bond acceptors (Lipinski definition) is 4. The summed E-state index contributed by atoms with van der Waals surface area (Å²) in [5.41, 5.74) is 1.11. The van der Waals surface area contributed by atoms with E-state index in [-0.39, 0.29) is 6.42 Å². The van der Waals surface area contributed by atoms with Gasteiger partial charge in [-0.3, -0.25) is 4.79 Å². The van der Waals surface area contributed by atoms with Crippen LogP contribution in [0.1, 0.15) is 31.4 Å². The Balaban J connectivity index is 3.34. The second kappa shape index (κ2) is 6.61. The molecule has 0 amide bonds. The van der Waals surface area contributed by atoms with Gasteiger partial charge in [0.2, 0.25) is 0 Å². The fraction of sp³-hybridized carbons (Fsp3) is 0.533. The van der Waals surface area contributed by atoms with E-state index >= 15 is 0 Å². The molecular weight excluding hydrogens is 260 g/mol. The first-order valence-corrected chi connectivity index (χ1v) is 6.31. The number of carboxylic acids is 1. The first-order chi connectivity index (χ1) is 9.35. The lowest BCUT2D eigenvalue weighted by atomic mass is 9.80.